The van der Waals surface area contributed by atoms with Gasteiger partial charge in [0.1, 0.15) is 0 Å². The number of benzene rings is 1. The van der Waals surface area contributed by atoms with Crippen molar-refractivity contribution in [2.24, 2.45) is 5.41 Å². The molecule has 0 atom stereocenters. The van der Waals surface area contributed by atoms with Crippen LogP contribution in [0, 0.1) is 5.41 Å². The monoisotopic (exact) mass is 287 g/mol. The Morgan fingerprint density at radius 1 is 1.05 bits per heavy atom. The third kappa shape index (κ3) is 5.47. The van der Waals surface area contributed by atoms with Crippen LogP contribution in [0.15, 0.2) is 18.2 Å². The SMILES string of the molecule is CCc1ccc(CCC(C)(C)CCNC2CC2)cc1CC. The van der Waals surface area contributed by atoms with E-state index in [9.17, 15) is 0 Å². The molecule has 0 radical (unpaired) electrons. The molecule has 1 aliphatic carbocycles. The maximum atomic E-state index is 3.64. The molecule has 1 saturated carbocycles. The Morgan fingerprint density at radius 3 is 2.38 bits per heavy atom. The van der Waals surface area contributed by atoms with Gasteiger partial charge in [-0.3, -0.25) is 0 Å². The van der Waals surface area contributed by atoms with E-state index in [0.29, 0.717) is 5.41 Å². The highest BCUT2D eigenvalue weighted by Crippen LogP contribution is 2.28. The summed E-state index contributed by atoms with van der Waals surface area (Å²) in [5, 5.41) is 3.64. The quantitative estimate of drug-likeness (QED) is 0.680. The second-order valence-electron chi connectivity index (χ2n) is 7.45. The molecular formula is C20H33N. The van der Waals surface area contributed by atoms with Gasteiger partial charge in [0.25, 0.3) is 0 Å². The van der Waals surface area contributed by atoms with E-state index in [1.165, 1.54) is 49.8 Å². The van der Waals surface area contributed by atoms with Crippen molar-refractivity contribution in [3.05, 3.63) is 34.9 Å². The van der Waals surface area contributed by atoms with Crippen LogP contribution in [0.2, 0.25) is 0 Å². The first-order chi connectivity index (χ1) is 10.0. The molecule has 0 amide bonds. The lowest BCUT2D eigenvalue weighted by Gasteiger charge is -2.25. The zero-order chi connectivity index (χ0) is 15.3. The smallest absolute Gasteiger partial charge is 0.00682 e. The van der Waals surface area contributed by atoms with E-state index in [1.807, 2.05) is 0 Å². The van der Waals surface area contributed by atoms with Crippen molar-refractivity contribution in [1.29, 1.82) is 0 Å². The molecule has 0 heterocycles. The highest BCUT2D eigenvalue weighted by Gasteiger charge is 2.22. The molecule has 0 unspecified atom stereocenters. The van der Waals surface area contributed by atoms with Crippen molar-refractivity contribution in [3.8, 4) is 0 Å². The first-order valence-electron chi connectivity index (χ1n) is 8.88. The molecule has 0 aliphatic heterocycles. The van der Waals surface area contributed by atoms with Crippen molar-refractivity contribution in [2.45, 2.75) is 78.7 Å². The molecule has 1 aromatic carbocycles. The summed E-state index contributed by atoms with van der Waals surface area (Å²) in [5.74, 6) is 0. The maximum absolute atomic E-state index is 3.64. The fourth-order valence-electron chi connectivity index (χ4n) is 3.02. The van der Waals surface area contributed by atoms with Gasteiger partial charge < -0.3 is 5.32 Å². The Kier molecular flexibility index (Phi) is 5.87. The number of hydrogen-bond donors (Lipinski definition) is 1. The van der Waals surface area contributed by atoms with E-state index in [2.05, 4.69) is 51.2 Å². The second kappa shape index (κ2) is 7.45. The van der Waals surface area contributed by atoms with Crippen LogP contribution < -0.4 is 5.32 Å². The summed E-state index contributed by atoms with van der Waals surface area (Å²) in [5.41, 5.74) is 5.03. The zero-order valence-electron chi connectivity index (χ0n) is 14.5. The van der Waals surface area contributed by atoms with Gasteiger partial charge in [-0.2, -0.15) is 0 Å². The van der Waals surface area contributed by atoms with E-state index >= 15 is 0 Å². The Bertz CT molecular complexity index is 443. The average molecular weight is 287 g/mol. The minimum atomic E-state index is 0.442. The van der Waals surface area contributed by atoms with E-state index in [-0.39, 0.29) is 0 Å². The average Bonchev–Trinajstić information content (AvgIpc) is 3.29. The van der Waals surface area contributed by atoms with E-state index < -0.39 is 0 Å². The Hall–Kier alpha value is -0.820. The minimum Gasteiger partial charge on any atom is -0.314 e. The lowest BCUT2D eigenvalue weighted by molar-refractivity contribution is 0.302. The molecule has 1 heteroatoms. The number of aryl methyl sites for hydroxylation is 3. The third-order valence-corrected chi connectivity index (χ3v) is 4.94. The zero-order valence-corrected chi connectivity index (χ0v) is 14.5. The van der Waals surface area contributed by atoms with Gasteiger partial charge in [-0.25, -0.2) is 0 Å². The van der Waals surface area contributed by atoms with Crippen molar-refractivity contribution in [3.63, 3.8) is 0 Å². The number of hydrogen-bond acceptors (Lipinski definition) is 1. The van der Waals surface area contributed by atoms with Crippen LogP contribution in [0.5, 0.6) is 0 Å². The predicted octanol–water partition coefficient (Wildman–Crippen LogP) is 4.91. The van der Waals surface area contributed by atoms with Crippen LogP contribution in [0.4, 0.5) is 0 Å². The molecule has 118 valence electrons. The highest BCUT2D eigenvalue weighted by atomic mass is 14.9. The largest absolute Gasteiger partial charge is 0.314 e. The fraction of sp³-hybridized carbons (Fsp3) is 0.700. The van der Waals surface area contributed by atoms with Gasteiger partial charge in [-0.15, -0.1) is 0 Å². The molecule has 1 aromatic rings. The van der Waals surface area contributed by atoms with Gasteiger partial charge in [0.2, 0.25) is 0 Å². The molecule has 1 aliphatic rings. The third-order valence-electron chi connectivity index (χ3n) is 4.94. The second-order valence-corrected chi connectivity index (χ2v) is 7.45. The van der Waals surface area contributed by atoms with E-state index in [0.717, 1.165) is 18.9 Å². The van der Waals surface area contributed by atoms with Crippen LogP contribution in [0.25, 0.3) is 0 Å². The molecule has 1 nitrogen and oxygen atoms in total. The summed E-state index contributed by atoms with van der Waals surface area (Å²) in [6.07, 6.45) is 8.89. The summed E-state index contributed by atoms with van der Waals surface area (Å²) < 4.78 is 0. The van der Waals surface area contributed by atoms with Gasteiger partial charge in [-0.05, 0) is 73.6 Å². The fourth-order valence-corrected chi connectivity index (χ4v) is 3.02. The predicted molar refractivity (Wildman–Crippen MR) is 92.9 cm³/mol. The van der Waals surface area contributed by atoms with Gasteiger partial charge in [0, 0.05) is 6.04 Å². The molecule has 21 heavy (non-hydrogen) atoms. The summed E-state index contributed by atoms with van der Waals surface area (Å²) in [6.45, 7) is 10.5. The molecule has 2 rings (SSSR count). The lowest BCUT2D eigenvalue weighted by Crippen LogP contribution is -2.24. The molecular weight excluding hydrogens is 254 g/mol. The first-order valence-corrected chi connectivity index (χ1v) is 8.88. The van der Waals surface area contributed by atoms with Crippen molar-refractivity contribution >= 4 is 0 Å². The molecule has 0 aromatic heterocycles. The maximum Gasteiger partial charge on any atom is 0.00682 e. The summed E-state index contributed by atoms with van der Waals surface area (Å²) >= 11 is 0. The molecule has 0 bridgehead atoms. The van der Waals surface area contributed by atoms with E-state index in [1.54, 1.807) is 5.56 Å². The molecule has 1 N–H and O–H groups in total. The lowest BCUT2D eigenvalue weighted by atomic mass is 9.82. The minimum absolute atomic E-state index is 0.442. The summed E-state index contributed by atoms with van der Waals surface area (Å²) in [7, 11) is 0. The van der Waals surface area contributed by atoms with Crippen LogP contribution in [0.3, 0.4) is 0 Å². The van der Waals surface area contributed by atoms with Crippen LogP contribution in [-0.4, -0.2) is 12.6 Å². The highest BCUT2D eigenvalue weighted by molar-refractivity contribution is 5.32. The van der Waals surface area contributed by atoms with Gasteiger partial charge in [0.05, 0.1) is 0 Å². The summed E-state index contributed by atoms with van der Waals surface area (Å²) in [4.78, 5) is 0. The van der Waals surface area contributed by atoms with Gasteiger partial charge in [0.15, 0.2) is 0 Å². The number of nitrogens with one attached hydrogen (secondary N) is 1. The molecule has 0 spiro atoms. The normalized spacial score (nSPS) is 15.4. The Balaban J connectivity index is 1.82. The molecule has 1 fully saturated rings. The van der Waals surface area contributed by atoms with Crippen molar-refractivity contribution < 1.29 is 0 Å². The van der Waals surface area contributed by atoms with Crippen LogP contribution in [-0.2, 0) is 19.3 Å². The van der Waals surface area contributed by atoms with Crippen molar-refractivity contribution in [2.75, 3.05) is 6.54 Å². The Labute approximate surface area is 131 Å². The van der Waals surface area contributed by atoms with Gasteiger partial charge >= 0.3 is 0 Å². The summed E-state index contributed by atoms with van der Waals surface area (Å²) in [6, 6.07) is 7.97. The first kappa shape index (κ1) is 16.5. The van der Waals surface area contributed by atoms with E-state index in [4.69, 9.17) is 0 Å². The Morgan fingerprint density at radius 2 is 1.76 bits per heavy atom. The van der Waals surface area contributed by atoms with Crippen molar-refractivity contribution in [1.82, 2.24) is 5.32 Å². The number of rotatable bonds is 9. The standard InChI is InChI=1S/C20H33N/c1-5-17-8-7-16(15-18(17)6-2)11-12-20(3,4)13-14-21-19-9-10-19/h7-8,15,19,21H,5-6,9-14H2,1-4H3. The van der Waals surface area contributed by atoms with Crippen LogP contribution in [0.1, 0.15) is 70.1 Å². The van der Waals surface area contributed by atoms with Gasteiger partial charge in [-0.1, -0.05) is 45.9 Å². The van der Waals surface area contributed by atoms with Crippen LogP contribution >= 0.6 is 0 Å². The topological polar surface area (TPSA) is 12.0 Å². The molecule has 0 saturated heterocycles.